The molecule has 2 saturated heterocycles. The van der Waals surface area contributed by atoms with Crippen molar-refractivity contribution in [1.29, 1.82) is 0 Å². The number of piperidine rings is 1. The van der Waals surface area contributed by atoms with Gasteiger partial charge in [0.05, 0.1) is 30.7 Å². The minimum atomic E-state index is -0.987. The van der Waals surface area contributed by atoms with E-state index in [1.807, 2.05) is 79.0 Å². The predicted octanol–water partition coefficient (Wildman–Crippen LogP) is 4.44. The molecule has 3 unspecified atom stereocenters. The third kappa shape index (κ3) is 7.84. The number of H-pyrrole nitrogens is 2. The number of aromatic amines is 2. The van der Waals surface area contributed by atoms with Crippen molar-refractivity contribution in [1.82, 2.24) is 35.6 Å². The van der Waals surface area contributed by atoms with Gasteiger partial charge in [-0.3, -0.25) is 24.3 Å². The molecule has 274 valence electrons. The number of likely N-dealkylation sites (N-methyl/N-ethyl adjacent to an activating group) is 1. The molecule has 2 aliphatic heterocycles. The Morgan fingerprint density at radius 2 is 1.68 bits per heavy atom. The topological polar surface area (TPSA) is 153 Å². The minimum absolute atomic E-state index is 0.123. The highest BCUT2D eigenvalue weighted by Gasteiger charge is 2.48. The number of nitrogens with zero attached hydrogens (tertiary/aromatic N) is 3. The van der Waals surface area contributed by atoms with Crippen LogP contribution in [0.1, 0.15) is 28.5 Å². The standard InChI is InChI=1S/C40H42ClN7O5/c1-24(53-23-25-9-5-3-6-10-25)37(39(51)42-2)44-38(50)32-22-47(36(49)15-27-18-43-34-16-29(41)13-14-30(27)34)19-28-20-48(21-31(28)32)40(52)35-17-33(45-46-35)26-11-7-4-8-12-26/h3-14,16-18,24,28,31-32,37,43H,15,19-23H2,1-2H3,(H,42,51)(H,44,50)(H,45,46)/t24-,28?,31?,32?,37-/m0/s1. The number of hydrogen-bond donors (Lipinski definition) is 4. The highest BCUT2D eigenvalue weighted by molar-refractivity contribution is 6.31. The van der Waals surface area contributed by atoms with Crippen LogP contribution in [0.5, 0.6) is 0 Å². The SMILES string of the molecule is CNC(=O)[C@@H](NC(=O)C1CN(C(=O)Cc2c[nH]c3cc(Cl)ccc23)CC2CN(C(=O)c3cc(-c4ccccc4)n[nH]3)CC21)[C@H](C)OCc1ccccc1. The van der Waals surface area contributed by atoms with Crippen LogP contribution in [0.4, 0.5) is 0 Å². The van der Waals surface area contributed by atoms with Crippen LogP contribution in [-0.4, -0.2) is 94.0 Å². The van der Waals surface area contributed by atoms with E-state index in [4.69, 9.17) is 16.3 Å². The summed E-state index contributed by atoms with van der Waals surface area (Å²) in [5, 5.41) is 14.4. The Morgan fingerprint density at radius 1 is 0.943 bits per heavy atom. The average Bonchev–Trinajstić information content (AvgIpc) is 3.95. The number of fused-ring (bicyclic) bond motifs is 2. The summed E-state index contributed by atoms with van der Waals surface area (Å²) in [6, 6.07) is 25.4. The number of nitrogens with one attached hydrogen (secondary N) is 4. The van der Waals surface area contributed by atoms with Gasteiger partial charge in [-0.25, -0.2) is 0 Å². The average molecular weight is 736 g/mol. The molecular formula is C40H42ClN7O5. The molecule has 2 aliphatic rings. The van der Waals surface area contributed by atoms with Crippen molar-refractivity contribution < 1.29 is 23.9 Å². The summed E-state index contributed by atoms with van der Waals surface area (Å²) in [4.78, 5) is 62.0. The smallest absolute Gasteiger partial charge is 0.271 e. The fourth-order valence-corrected chi connectivity index (χ4v) is 7.74. The van der Waals surface area contributed by atoms with E-state index in [9.17, 15) is 19.2 Å². The number of hydrogen-bond acceptors (Lipinski definition) is 6. The molecule has 4 N–H and O–H groups in total. The molecule has 13 heteroatoms. The van der Waals surface area contributed by atoms with Crippen molar-refractivity contribution in [3.05, 3.63) is 113 Å². The Balaban J connectivity index is 1.11. The molecule has 5 aromatic rings. The molecule has 2 fully saturated rings. The molecule has 4 heterocycles. The molecule has 0 saturated carbocycles. The molecule has 0 radical (unpaired) electrons. The summed E-state index contributed by atoms with van der Waals surface area (Å²) < 4.78 is 6.07. The molecule has 5 atom stereocenters. The normalized spacial score (nSPS) is 19.4. The zero-order valence-corrected chi connectivity index (χ0v) is 30.3. The van der Waals surface area contributed by atoms with Gasteiger partial charge in [0.2, 0.25) is 17.7 Å². The number of halogens is 1. The Labute approximate surface area is 312 Å². The molecule has 0 bridgehead atoms. The number of carbonyl (C=O) groups excluding carboxylic acids is 4. The first-order chi connectivity index (χ1) is 25.7. The van der Waals surface area contributed by atoms with Crippen molar-refractivity contribution in [3.63, 3.8) is 0 Å². The number of ether oxygens (including phenoxy) is 1. The third-order valence-electron chi connectivity index (χ3n) is 10.5. The molecule has 12 nitrogen and oxygen atoms in total. The predicted molar refractivity (Wildman–Crippen MR) is 201 cm³/mol. The first kappa shape index (κ1) is 35.9. The summed E-state index contributed by atoms with van der Waals surface area (Å²) in [6.07, 6.45) is 1.27. The van der Waals surface area contributed by atoms with E-state index in [0.717, 1.165) is 27.6 Å². The van der Waals surface area contributed by atoms with Crippen LogP contribution in [0.15, 0.2) is 91.1 Å². The number of benzene rings is 3. The van der Waals surface area contributed by atoms with E-state index in [2.05, 4.69) is 25.8 Å². The Bertz CT molecular complexity index is 2100. The van der Waals surface area contributed by atoms with Crippen molar-refractivity contribution in [2.45, 2.75) is 32.1 Å². The van der Waals surface area contributed by atoms with E-state index in [-0.39, 0.29) is 49.1 Å². The highest BCUT2D eigenvalue weighted by Crippen LogP contribution is 2.37. The van der Waals surface area contributed by atoms with Crippen molar-refractivity contribution in [2.24, 2.45) is 17.8 Å². The van der Waals surface area contributed by atoms with Crippen molar-refractivity contribution in [3.8, 4) is 11.3 Å². The van der Waals surface area contributed by atoms with Gasteiger partial charge in [0.1, 0.15) is 11.7 Å². The number of aromatic nitrogens is 3. The van der Waals surface area contributed by atoms with E-state index in [1.165, 1.54) is 7.05 Å². The number of likely N-dealkylation sites (tertiary alicyclic amines) is 2. The molecule has 7 rings (SSSR count). The largest absolute Gasteiger partial charge is 0.371 e. The van der Waals surface area contributed by atoms with Gasteiger partial charge >= 0.3 is 0 Å². The lowest BCUT2D eigenvalue weighted by atomic mass is 9.79. The summed E-state index contributed by atoms with van der Waals surface area (Å²) in [6.45, 7) is 3.22. The molecule has 4 amide bonds. The van der Waals surface area contributed by atoms with Gasteiger partial charge in [-0.1, -0.05) is 78.3 Å². The Hall–Kier alpha value is -5.46. The van der Waals surface area contributed by atoms with Crippen molar-refractivity contribution >= 4 is 46.1 Å². The number of carbonyl (C=O) groups is 4. The van der Waals surface area contributed by atoms with E-state index in [0.29, 0.717) is 36.0 Å². The highest BCUT2D eigenvalue weighted by atomic mass is 35.5. The second-order valence-corrected chi connectivity index (χ2v) is 14.3. The lowest BCUT2D eigenvalue weighted by Crippen LogP contribution is -2.58. The maximum atomic E-state index is 14.3. The third-order valence-corrected chi connectivity index (χ3v) is 10.7. The maximum absolute atomic E-state index is 14.3. The Kier molecular flexibility index (Phi) is 10.6. The van der Waals surface area contributed by atoms with Gasteiger partial charge in [0.15, 0.2) is 0 Å². The molecule has 53 heavy (non-hydrogen) atoms. The van der Waals surface area contributed by atoms with Gasteiger partial charge in [0.25, 0.3) is 5.91 Å². The lowest BCUT2D eigenvalue weighted by Gasteiger charge is -2.40. The number of rotatable bonds is 11. The summed E-state index contributed by atoms with van der Waals surface area (Å²) in [5.74, 6) is -2.23. The molecule has 0 spiro atoms. The van der Waals surface area contributed by atoms with Gasteiger partial charge in [-0.2, -0.15) is 5.10 Å². The van der Waals surface area contributed by atoms with Crippen LogP contribution in [0.25, 0.3) is 22.2 Å². The minimum Gasteiger partial charge on any atom is -0.371 e. The van der Waals surface area contributed by atoms with E-state index in [1.54, 1.807) is 28.9 Å². The fraction of sp³-hybridized carbons (Fsp3) is 0.325. The van der Waals surface area contributed by atoms with Crippen LogP contribution in [0.2, 0.25) is 5.02 Å². The Morgan fingerprint density at radius 3 is 2.43 bits per heavy atom. The molecular weight excluding hydrogens is 694 g/mol. The summed E-state index contributed by atoms with van der Waals surface area (Å²) in [7, 11) is 1.51. The van der Waals surface area contributed by atoms with Crippen LogP contribution in [0, 0.1) is 17.8 Å². The van der Waals surface area contributed by atoms with Gasteiger partial charge < -0.3 is 30.2 Å². The van der Waals surface area contributed by atoms with Crippen LogP contribution in [0.3, 0.4) is 0 Å². The molecule has 2 aromatic heterocycles. The van der Waals surface area contributed by atoms with Gasteiger partial charge in [-0.05, 0) is 48.1 Å². The second-order valence-electron chi connectivity index (χ2n) is 13.9. The zero-order valence-electron chi connectivity index (χ0n) is 29.6. The van der Waals surface area contributed by atoms with Crippen molar-refractivity contribution in [2.75, 3.05) is 33.2 Å². The molecule has 0 aliphatic carbocycles. The van der Waals surface area contributed by atoms with Gasteiger partial charge in [0, 0.05) is 60.9 Å². The van der Waals surface area contributed by atoms with Crippen LogP contribution >= 0.6 is 11.6 Å². The monoisotopic (exact) mass is 735 g/mol. The van der Waals surface area contributed by atoms with Crippen LogP contribution in [-0.2, 0) is 32.1 Å². The fourth-order valence-electron chi connectivity index (χ4n) is 7.57. The lowest BCUT2D eigenvalue weighted by molar-refractivity contribution is -0.141. The van der Waals surface area contributed by atoms with E-state index >= 15 is 0 Å². The number of amides is 4. The van der Waals surface area contributed by atoms with Gasteiger partial charge in [-0.15, -0.1) is 0 Å². The maximum Gasteiger partial charge on any atom is 0.271 e. The molecule has 3 aromatic carbocycles. The summed E-state index contributed by atoms with van der Waals surface area (Å²) >= 11 is 6.19. The zero-order chi connectivity index (χ0) is 37.1. The first-order valence-electron chi connectivity index (χ1n) is 17.8. The first-order valence-corrected chi connectivity index (χ1v) is 18.2. The van der Waals surface area contributed by atoms with E-state index < -0.39 is 24.0 Å². The second kappa shape index (κ2) is 15.6. The summed E-state index contributed by atoms with van der Waals surface area (Å²) in [5.41, 5.74) is 4.48. The van der Waals surface area contributed by atoms with Crippen LogP contribution < -0.4 is 10.6 Å². The quantitative estimate of drug-likeness (QED) is 0.158.